The summed E-state index contributed by atoms with van der Waals surface area (Å²) in [5, 5.41) is 3.40. The van der Waals surface area contributed by atoms with Crippen LogP contribution < -0.4 is 19.7 Å². The van der Waals surface area contributed by atoms with Crippen molar-refractivity contribution in [3.63, 3.8) is 0 Å². The van der Waals surface area contributed by atoms with Gasteiger partial charge in [0.2, 0.25) is 0 Å². The van der Waals surface area contributed by atoms with Gasteiger partial charge in [-0.25, -0.2) is 4.98 Å². The molecule has 5 rings (SSSR count). The molecule has 1 unspecified atom stereocenters. The maximum Gasteiger partial charge on any atom is 0.262 e. The van der Waals surface area contributed by atoms with Gasteiger partial charge in [-0.3, -0.25) is 9.69 Å². The van der Waals surface area contributed by atoms with E-state index in [-0.39, 0.29) is 5.91 Å². The van der Waals surface area contributed by atoms with E-state index in [4.69, 9.17) is 9.47 Å². The third-order valence-electron chi connectivity index (χ3n) is 4.51. The molecule has 3 heterocycles. The first-order valence-electron chi connectivity index (χ1n) is 8.39. The molecular weight excluding hydrogens is 332 g/mol. The number of imidazole rings is 1. The fourth-order valence-corrected chi connectivity index (χ4v) is 3.32. The number of aromatic nitrogens is 2. The smallest absolute Gasteiger partial charge is 0.262 e. The Bertz CT molecular complexity index is 971. The summed E-state index contributed by atoms with van der Waals surface area (Å²) in [5.41, 5.74) is 2.11. The number of hydrogen-bond acceptors (Lipinski definition) is 5. The molecule has 2 aromatic carbocycles. The average Bonchev–Trinajstić information content (AvgIpc) is 3.22. The van der Waals surface area contributed by atoms with E-state index in [2.05, 4.69) is 15.3 Å². The highest BCUT2D eigenvalue weighted by molar-refractivity contribution is 6.12. The molecule has 0 saturated carbocycles. The molecule has 0 radical (unpaired) electrons. The number of amides is 1. The number of fused-ring (bicyclic) bond motifs is 2. The maximum absolute atomic E-state index is 13.3. The fourth-order valence-electron chi connectivity index (χ4n) is 3.32. The van der Waals surface area contributed by atoms with Crippen LogP contribution in [0, 0.1) is 0 Å². The van der Waals surface area contributed by atoms with Crippen LogP contribution >= 0.6 is 0 Å². The molecule has 0 saturated heterocycles. The lowest BCUT2D eigenvalue weighted by molar-refractivity contribution is 0.0973. The minimum Gasteiger partial charge on any atom is -0.486 e. The van der Waals surface area contributed by atoms with Crippen LogP contribution in [0.3, 0.4) is 0 Å². The van der Waals surface area contributed by atoms with Crippen LogP contribution in [0.15, 0.2) is 54.9 Å². The van der Waals surface area contributed by atoms with Crippen LogP contribution in [-0.4, -0.2) is 29.1 Å². The lowest BCUT2D eigenvalue weighted by Gasteiger charge is -2.37. The van der Waals surface area contributed by atoms with Crippen molar-refractivity contribution in [1.29, 1.82) is 0 Å². The Morgan fingerprint density at radius 1 is 1.08 bits per heavy atom. The third kappa shape index (κ3) is 2.28. The summed E-state index contributed by atoms with van der Waals surface area (Å²) in [6.07, 6.45) is 2.96. The fraction of sp³-hybridized carbons (Fsp3) is 0.158. The second kappa shape index (κ2) is 5.80. The second-order valence-corrected chi connectivity index (χ2v) is 6.07. The lowest BCUT2D eigenvalue weighted by Crippen LogP contribution is -2.43. The van der Waals surface area contributed by atoms with Gasteiger partial charge >= 0.3 is 0 Å². The number of ether oxygens (including phenoxy) is 2. The van der Waals surface area contributed by atoms with Crippen LogP contribution in [0.5, 0.6) is 11.5 Å². The molecule has 26 heavy (non-hydrogen) atoms. The maximum atomic E-state index is 13.3. The van der Waals surface area contributed by atoms with Gasteiger partial charge in [0.25, 0.3) is 5.91 Å². The zero-order valence-corrected chi connectivity index (χ0v) is 13.8. The first-order valence-corrected chi connectivity index (χ1v) is 8.39. The molecule has 130 valence electrons. The van der Waals surface area contributed by atoms with Crippen LogP contribution in [0.1, 0.15) is 22.3 Å². The largest absolute Gasteiger partial charge is 0.486 e. The summed E-state index contributed by atoms with van der Waals surface area (Å²) in [4.78, 5) is 22.4. The van der Waals surface area contributed by atoms with Crippen molar-refractivity contribution in [3.05, 3.63) is 66.2 Å². The molecule has 0 spiro atoms. The van der Waals surface area contributed by atoms with Crippen LogP contribution in [-0.2, 0) is 0 Å². The van der Waals surface area contributed by atoms with E-state index in [9.17, 15) is 4.79 Å². The van der Waals surface area contributed by atoms with Crippen LogP contribution in [0.2, 0.25) is 0 Å². The van der Waals surface area contributed by atoms with E-state index in [1.165, 1.54) is 0 Å². The van der Waals surface area contributed by atoms with Crippen molar-refractivity contribution in [2.45, 2.75) is 6.17 Å². The van der Waals surface area contributed by atoms with E-state index in [0.29, 0.717) is 41.8 Å². The number of anilines is 2. The quantitative estimate of drug-likeness (QED) is 0.744. The van der Waals surface area contributed by atoms with Gasteiger partial charge in [-0.15, -0.1) is 0 Å². The number of rotatable bonds is 2. The van der Waals surface area contributed by atoms with Crippen molar-refractivity contribution in [3.8, 4) is 11.5 Å². The van der Waals surface area contributed by atoms with Crippen LogP contribution in [0.4, 0.5) is 11.4 Å². The monoisotopic (exact) mass is 348 g/mol. The molecule has 3 aromatic rings. The predicted octanol–water partition coefficient (Wildman–Crippen LogP) is 2.95. The number of nitrogens with one attached hydrogen (secondary N) is 2. The molecule has 2 N–H and O–H groups in total. The molecule has 0 bridgehead atoms. The number of carbonyl (C=O) groups is 1. The Labute approximate surface area is 149 Å². The number of hydrogen-bond donors (Lipinski definition) is 2. The van der Waals surface area contributed by atoms with Gasteiger partial charge in [-0.05, 0) is 24.3 Å². The number of aromatic amines is 1. The van der Waals surface area contributed by atoms with Crippen LogP contribution in [0.25, 0.3) is 0 Å². The van der Waals surface area contributed by atoms with E-state index in [0.717, 1.165) is 5.69 Å². The molecule has 0 aliphatic carbocycles. The minimum atomic E-state index is -0.449. The van der Waals surface area contributed by atoms with E-state index in [1.54, 1.807) is 17.3 Å². The molecule has 2 aliphatic heterocycles. The molecule has 1 amide bonds. The molecule has 7 nitrogen and oxygen atoms in total. The molecule has 2 aliphatic rings. The van der Waals surface area contributed by atoms with Gasteiger partial charge < -0.3 is 19.8 Å². The summed E-state index contributed by atoms with van der Waals surface area (Å²) in [6.45, 7) is 1.02. The van der Waals surface area contributed by atoms with E-state index >= 15 is 0 Å². The number of carbonyl (C=O) groups excluding carboxylic acids is 1. The highest BCUT2D eigenvalue weighted by Crippen LogP contribution is 2.39. The normalized spacial score (nSPS) is 18.2. The van der Waals surface area contributed by atoms with E-state index < -0.39 is 6.17 Å². The lowest BCUT2D eigenvalue weighted by atomic mass is 10.1. The third-order valence-corrected chi connectivity index (χ3v) is 4.51. The van der Waals surface area contributed by atoms with Crippen molar-refractivity contribution in [2.24, 2.45) is 0 Å². The summed E-state index contributed by atoms with van der Waals surface area (Å²) in [5.74, 6) is 1.88. The topological polar surface area (TPSA) is 79.5 Å². The van der Waals surface area contributed by atoms with Gasteiger partial charge in [0, 0.05) is 24.1 Å². The standard InChI is InChI=1S/C19H16N4O3/c24-19-13-3-1-2-4-14(13)22-18(17-20-7-8-21-17)23(19)12-5-6-15-16(11-12)26-10-9-25-15/h1-8,11,18,22H,9-10H2,(H,20,21). The molecule has 1 aromatic heterocycles. The van der Waals surface area contributed by atoms with E-state index in [1.807, 2.05) is 42.5 Å². The Balaban J connectivity index is 1.63. The Morgan fingerprint density at radius 3 is 2.77 bits per heavy atom. The summed E-state index contributed by atoms with van der Waals surface area (Å²) in [6, 6.07) is 13.0. The highest BCUT2D eigenvalue weighted by Gasteiger charge is 2.35. The van der Waals surface area contributed by atoms with Crippen molar-refractivity contribution < 1.29 is 14.3 Å². The first kappa shape index (κ1) is 14.8. The Hall–Kier alpha value is -3.48. The summed E-state index contributed by atoms with van der Waals surface area (Å²) < 4.78 is 11.3. The molecule has 0 fully saturated rings. The van der Waals surface area contributed by atoms with Gasteiger partial charge in [-0.1, -0.05) is 12.1 Å². The van der Waals surface area contributed by atoms with Crippen molar-refractivity contribution in [2.75, 3.05) is 23.4 Å². The number of nitrogens with zero attached hydrogens (tertiary/aromatic N) is 2. The molecule has 1 atom stereocenters. The minimum absolute atomic E-state index is 0.0996. The van der Waals surface area contributed by atoms with Crippen molar-refractivity contribution in [1.82, 2.24) is 9.97 Å². The predicted molar refractivity (Wildman–Crippen MR) is 95.6 cm³/mol. The number of H-pyrrole nitrogens is 1. The van der Waals surface area contributed by atoms with Gasteiger partial charge in [0.15, 0.2) is 17.7 Å². The summed E-state index contributed by atoms with van der Waals surface area (Å²) in [7, 11) is 0. The molecular formula is C19H16N4O3. The van der Waals surface area contributed by atoms with Gasteiger partial charge in [-0.2, -0.15) is 0 Å². The Kier molecular flexibility index (Phi) is 3.31. The first-order chi connectivity index (χ1) is 12.8. The SMILES string of the molecule is O=C1c2ccccc2NC(c2ncc[nH]2)N1c1ccc2c(c1)OCCO2. The highest BCUT2D eigenvalue weighted by atomic mass is 16.6. The van der Waals surface area contributed by atoms with Gasteiger partial charge in [0.1, 0.15) is 19.0 Å². The zero-order valence-electron chi connectivity index (χ0n) is 13.8. The second-order valence-electron chi connectivity index (χ2n) is 6.07. The van der Waals surface area contributed by atoms with Gasteiger partial charge in [0.05, 0.1) is 11.3 Å². The van der Waals surface area contributed by atoms with Crippen molar-refractivity contribution >= 4 is 17.3 Å². The summed E-state index contributed by atoms with van der Waals surface area (Å²) >= 11 is 0. The number of benzene rings is 2. The zero-order chi connectivity index (χ0) is 17.5. The Morgan fingerprint density at radius 2 is 1.92 bits per heavy atom. The molecule has 7 heteroatoms. The number of para-hydroxylation sites is 1. The average molecular weight is 348 g/mol.